The summed E-state index contributed by atoms with van der Waals surface area (Å²) in [5.41, 5.74) is 0.845. The number of pyridine rings is 1. The number of phenols is 1. The topological polar surface area (TPSA) is 63.3 Å². The van der Waals surface area contributed by atoms with Gasteiger partial charge in [-0.1, -0.05) is 0 Å². The van der Waals surface area contributed by atoms with E-state index in [1.807, 2.05) is 0 Å². The van der Waals surface area contributed by atoms with Crippen LogP contribution in [0.5, 0.6) is 5.75 Å². The molecule has 0 bridgehead atoms. The normalized spacial score (nSPS) is 10.8. The maximum absolute atomic E-state index is 12.0. The van der Waals surface area contributed by atoms with Crippen molar-refractivity contribution >= 4 is 27.0 Å². The zero-order valence-corrected chi connectivity index (χ0v) is 11.2. The molecule has 0 amide bonds. The second-order valence-corrected chi connectivity index (χ2v) is 4.85. The summed E-state index contributed by atoms with van der Waals surface area (Å²) in [6.07, 6.45) is 1.57. The molecule has 1 aromatic carbocycles. The summed E-state index contributed by atoms with van der Waals surface area (Å²) < 4.78 is 6.15. The number of phenolic OH excluding ortho intramolecular Hbond substituents is 1. The van der Waals surface area contributed by atoms with E-state index in [9.17, 15) is 9.90 Å². The van der Waals surface area contributed by atoms with Gasteiger partial charge in [-0.25, -0.2) is 4.98 Å². The molecule has 94 valence electrons. The predicted octanol–water partition coefficient (Wildman–Crippen LogP) is 3.32. The first-order valence-electron chi connectivity index (χ1n) is 5.53. The van der Waals surface area contributed by atoms with Crippen LogP contribution in [0.1, 0.15) is 0 Å². The highest BCUT2D eigenvalue weighted by Crippen LogP contribution is 2.29. The Balaban J connectivity index is 2.25. The third kappa shape index (κ3) is 2.13. The van der Waals surface area contributed by atoms with Gasteiger partial charge in [0, 0.05) is 17.8 Å². The number of hydrogen-bond acceptors (Lipinski definition) is 4. The summed E-state index contributed by atoms with van der Waals surface area (Å²) >= 11 is 3.23. The van der Waals surface area contributed by atoms with Gasteiger partial charge in [0.25, 0.3) is 0 Å². The molecule has 0 aliphatic heterocycles. The minimum Gasteiger partial charge on any atom is -0.507 e. The Bertz CT molecular complexity index is 826. The molecule has 0 radical (unpaired) electrons. The third-order valence-corrected chi connectivity index (χ3v) is 3.37. The molecule has 3 aromatic rings. The third-order valence-electron chi connectivity index (χ3n) is 2.74. The lowest BCUT2D eigenvalue weighted by Gasteiger charge is -2.04. The van der Waals surface area contributed by atoms with Crippen LogP contribution in [0.2, 0.25) is 0 Å². The maximum atomic E-state index is 12.0. The molecule has 0 atom stereocenters. The van der Waals surface area contributed by atoms with Crippen molar-refractivity contribution in [1.82, 2.24) is 4.98 Å². The molecule has 2 heterocycles. The minimum atomic E-state index is -0.145. The number of benzene rings is 1. The second kappa shape index (κ2) is 4.51. The van der Waals surface area contributed by atoms with Crippen molar-refractivity contribution in [3.63, 3.8) is 0 Å². The van der Waals surface area contributed by atoms with E-state index in [4.69, 9.17) is 4.42 Å². The monoisotopic (exact) mass is 317 g/mol. The smallest absolute Gasteiger partial charge is 0.230 e. The summed E-state index contributed by atoms with van der Waals surface area (Å²) in [6, 6.07) is 9.67. The van der Waals surface area contributed by atoms with E-state index < -0.39 is 0 Å². The lowest BCUT2D eigenvalue weighted by atomic mass is 10.1. The van der Waals surface area contributed by atoms with Crippen LogP contribution in [0.3, 0.4) is 0 Å². The molecule has 4 nitrogen and oxygen atoms in total. The van der Waals surface area contributed by atoms with Crippen molar-refractivity contribution in [2.24, 2.45) is 0 Å². The second-order valence-electron chi connectivity index (χ2n) is 4.00. The molecular weight excluding hydrogens is 310 g/mol. The average molecular weight is 318 g/mol. The number of fused-ring (bicyclic) bond motifs is 1. The fourth-order valence-electron chi connectivity index (χ4n) is 1.79. The van der Waals surface area contributed by atoms with Gasteiger partial charge in [0.2, 0.25) is 5.71 Å². The van der Waals surface area contributed by atoms with Crippen molar-refractivity contribution in [2.45, 2.75) is 0 Å². The number of hydrogen-bond donors (Lipinski definition) is 1. The van der Waals surface area contributed by atoms with Gasteiger partial charge in [-0.2, -0.15) is 0 Å². The van der Waals surface area contributed by atoms with Crippen molar-refractivity contribution in [3.8, 4) is 17.1 Å². The van der Waals surface area contributed by atoms with Crippen molar-refractivity contribution in [2.75, 3.05) is 0 Å². The Morgan fingerprint density at radius 2 is 2.05 bits per heavy atom. The number of nitrogens with zero attached hydrogens (tertiary/aromatic N) is 1. The van der Waals surface area contributed by atoms with Gasteiger partial charge in [-0.15, -0.1) is 0 Å². The highest BCUT2D eigenvalue weighted by Gasteiger charge is 2.08. The number of aromatic hydroxyl groups is 1. The van der Waals surface area contributed by atoms with Crippen LogP contribution in [-0.2, 0) is 0 Å². The fraction of sp³-hybridized carbons (Fsp3) is 0. The fourth-order valence-corrected chi connectivity index (χ4v) is 2.17. The Labute approximate surface area is 116 Å². The Morgan fingerprint density at radius 1 is 1.21 bits per heavy atom. The molecule has 2 aromatic heterocycles. The summed E-state index contributed by atoms with van der Waals surface area (Å²) in [5, 5.41) is 9.91. The highest BCUT2D eigenvalue weighted by atomic mass is 79.9. The molecule has 0 fully saturated rings. The molecule has 0 aliphatic carbocycles. The van der Waals surface area contributed by atoms with E-state index in [1.54, 1.807) is 30.5 Å². The van der Waals surface area contributed by atoms with Crippen LogP contribution in [-0.4, -0.2) is 10.1 Å². The molecule has 0 unspecified atom stereocenters. The van der Waals surface area contributed by atoms with E-state index in [-0.39, 0.29) is 11.2 Å². The average Bonchev–Trinajstić information content (AvgIpc) is 2.42. The van der Waals surface area contributed by atoms with Gasteiger partial charge in [0.15, 0.2) is 5.43 Å². The lowest BCUT2D eigenvalue weighted by Crippen LogP contribution is -2.00. The number of aromatic nitrogens is 1. The van der Waals surface area contributed by atoms with Gasteiger partial charge in [-0.05, 0) is 46.3 Å². The van der Waals surface area contributed by atoms with Crippen LogP contribution in [0.25, 0.3) is 22.4 Å². The zero-order valence-electron chi connectivity index (χ0n) is 9.63. The first-order valence-corrected chi connectivity index (χ1v) is 6.32. The highest BCUT2D eigenvalue weighted by molar-refractivity contribution is 9.10. The van der Waals surface area contributed by atoms with Gasteiger partial charge >= 0.3 is 0 Å². The summed E-state index contributed by atoms with van der Waals surface area (Å²) in [7, 11) is 0. The largest absolute Gasteiger partial charge is 0.507 e. The molecule has 3 rings (SSSR count). The zero-order chi connectivity index (χ0) is 13.4. The van der Waals surface area contributed by atoms with Crippen LogP contribution in [0.15, 0.2) is 56.3 Å². The Hall–Kier alpha value is -2.14. The molecule has 1 N–H and O–H groups in total. The molecule has 0 spiro atoms. The van der Waals surface area contributed by atoms with Crippen LogP contribution in [0.4, 0.5) is 0 Å². The maximum Gasteiger partial charge on any atom is 0.230 e. The molecular formula is C14H8BrNO3. The Kier molecular flexibility index (Phi) is 2.83. The molecule has 0 saturated heterocycles. The van der Waals surface area contributed by atoms with E-state index in [2.05, 4.69) is 20.9 Å². The lowest BCUT2D eigenvalue weighted by molar-refractivity contribution is 0.472. The van der Waals surface area contributed by atoms with E-state index in [1.165, 1.54) is 12.1 Å². The van der Waals surface area contributed by atoms with Gasteiger partial charge in [-0.3, -0.25) is 4.79 Å². The quantitative estimate of drug-likeness (QED) is 0.747. The van der Waals surface area contributed by atoms with E-state index in [0.29, 0.717) is 26.9 Å². The number of halogens is 1. The molecule has 5 heteroatoms. The van der Waals surface area contributed by atoms with Crippen molar-refractivity contribution in [3.05, 3.63) is 57.3 Å². The molecule has 0 saturated carbocycles. The predicted molar refractivity (Wildman–Crippen MR) is 75.1 cm³/mol. The summed E-state index contributed by atoms with van der Waals surface area (Å²) in [5.74, 6) is 0.543. The standard InChI is InChI=1S/C14H8BrNO3/c15-10-6-8(3-4-11(10)17)13-7-12(18)9-2-1-5-16-14(9)19-13/h1-7,17H. The summed E-state index contributed by atoms with van der Waals surface area (Å²) in [4.78, 5) is 16.0. The van der Waals surface area contributed by atoms with Gasteiger partial charge < -0.3 is 9.52 Å². The first kappa shape index (κ1) is 11.9. The minimum absolute atomic E-state index is 0.130. The summed E-state index contributed by atoms with van der Waals surface area (Å²) in [6.45, 7) is 0. The van der Waals surface area contributed by atoms with Crippen LogP contribution >= 0.6 is 15.9 Å². The van der Waals surface area contributed by atoms with Crippen molar-refractivity contribution in [1.29, 1.82) is 0 Å². The number of rotatable bonds is 1. The Morgan fingerprint density at radius 3 is 2.84 bits per heavy atom. The molecule has 0 aliphatic rings. The van der Waals surface area contributed by atoms with Crippen LogP contribution < -0.4 is 5.43 Å². The first-order chi connectivity index (χ1) is 9.15. The van der Waals surface area contributed by atoms with Crippen LogP contribution in [0, 0.1) is 0 Å². The van der Waals surface area contributed by atoms with Gasteiger partial charge in [0.05, 0.1) is 9.86 Å². The van der Waals surface area contributed by atoms with Crippen molar-refractivity contribution < 1.29 is 9.52 Å². The SMILES string of the molecule is O=c1cc(-c2ccc(O)c(Br)c2)oc2ncccc12. The van der Waals surface area contributed by atoms with Gasteiger partial charge in [0.1, 0.15) is 11.5 Å². The van der Waals surface area contributed by atoms with E-state index in [0.717, 1.165) is 0 Å². The van der Waals surface area contributed by atoms with E-state index >= 15 is 0 Å². The molecule has 19 heavy (non-hydrogen) atoms.